The predicted molar refractivity (Wildman–Crippen MR) is 107 cm³/mol. The third-order valence-corrected chi connectivity index (χ3v) is 4.97. The van der Waals surface area contributed by atoms with Gasteiger partial charge in [-0.25, -0.2) is 5.43 Å². The molecule has 1 aromatic carbocycles. The van der Waals surface area contributed by atoms with Crippen LogP contribution in [-0.2, 0) is 0 Å². The third-order valence-electron chi connectivity index (χ3n) is 2.50. The second-order valence-corrected chi connectivity index (χ2v) is 7.93. The molecular formula is C15H14I2N2O2S. The Hall–Kier alpha value is -0.680. The van der Waals surface area contributed by atoms with Gasteiger partial charge in [-0.2, -0.15) is 5.10 Å². The summed E-state index contributed by atoms with van der Waals surface area (Å²) in [5, 5.41) is 5.86. The molecule has 0 aliphatic carbocycles. The lowest BCUT2D eigenvalue weighted by atomic mass is 10.2. The van der Waals surface area contributed by atoms with E-state index >= 15 is 0 Å². The van der Waals surface area contributed by atoms with Crippen molar-refractivity contribution in [1.29, 1.82) is 0 Å². The van der Waals surface area contributed by atoms with E-state index in [4.69, 9.17) is 4.74 Å². The molecule has 0 saturated carbocycles. The van der Waals surface area contributed by atoms with Crippen LogP contribution in [0.5, 0.6) is 5.75 Å². The number of carbonyl (C=O) groups excluding carboxylic acids is 1. The molecule has 0 unspecified atom stereocenters. The Bertz CT molecular complexity index is 662. The predicted octanol–water partition coefficient (Wildman–Crippen LogP) is 4.51. The highest BCUT2D eigenvalue weighted by molar-refractivity contribution is 14.1. The van der Waals surface area contributed by atoms with E-state index in [-0.39, 0.29) is 12.0 Å². The van der Waals surface area contributed by atoms with Crippen LogP contribution in [0.4, 0.5) is 0 Å². The molecule has 1 amide bonds. The molecule has 1 aromatic heterocycles. The van der Waals surface area contributed by atoms with Gasteiger partial charge in [0.2, 0.25) is 0 Å². The molecule has 0 aliphatic heterocycles. The lowest BCUT2D eigenvalue weighted by molar-refractivity contribution is 0.0959. The minimum absolute atomic E-state index is 0.131. The molecule has 0 spiro atoms. The van der Waals surface area contributed by atoms with Crippen LogP contribution < -0.4 is 10.2 Å². The first-order chi connectivity index (χ1) is 10.5. The smallest absolute Gasteiger partial charge is 0.281 e. The summed E-state index contributed by atoms with van der Waals surface area (Å²) in [5.41, 5.74) is 3.44. The highest BCUT2D eigenvalue weighted by Gasteiger charge is 2.10. The molecule has 116 valence electrons. The molecule has 2 aromatic rings. The number of ether oxygens (including phenoxy) is 1. The Morgan fingerprint density at radius 1 is 1.36 bits per heavy atom. The highest BCUT2D eigenvalue weighted by atomic mass is 127. The van der Waals surface area contributed by atoms with E-state index in [1.165, 1.54) is 11.3 Å². The number of hydrogen-bond acceptors (Lipinski definition) is 4. The van der Waals surface area contributed by atoms with Gasteiger partial charge >= 0.3 is 0 Å². The van der Waals surface area contributed by atoms with Gasteiger partial charge < -0.3 is 4.74 Å². The highest BCUT2D eigenvalue weighted by Crippen LogP contribution is 2.29. The number of rotatable bonds is 5. The van der Waals surface area contributed by atoms with Crippen molar-refractivity contribution in [3.05, 3.63) is 47.2 Å². The zero-order valence-electron chi connectivity index (χ0n) is 12.0. The van der Waals surface area contributed by atoms with Gasteiger partial charge in [-0.15, -0.1) is 11.3 Å². The minimum Gasteiger partial charge on any atom is -0.489 e. The van der Waals surface area contributed by atoms with E-state index in [0.717, 1.165) is 18.5 Å². The average Bonchev–Trinajstić information content (AvgIpc) is 2.97. The molecule has 0 aliphatic rings. The van der Waals surface area contributed by atoms with Crippen LogP contribution in [0.3, 0.4) is 0 Å². The van der Waals surface area contributed by atoms with Gasteiger partial charge in [-0.05, 0) is 88.2 Å². The zero-order chi connectivity index (χ0) is 16.1. The maximum atomic E-state index is 11.8. The van der Waals surface area contributed by atoms with Crippen molar-refractivity contribution in [1.82, 2.24) is 5.43 Å². The fourth-order valence-corrected chi connectivity index (χ4v) is 4.31. The van der Waals surface area contributed by atoms with Crippen LogP contribution in [0.25, 0.3) is 0 Å². The van der Waals surface area contributed by atoms with E-state index < -0.39 is 0 Å². The van der Waals surface area contributed by atoms with Gasteiger partial charge in [-0.1, -0.05) is 6.07 Å². The first-order valence-corrected chi connectivity index (χ1v) is 9.53. The summed E-state index contributed by atoms with van der Waals surface area (Å²) < 4.78 is 7.83. The standard InChI is InChI=1S/C15H14I2N2O2S/c1-9(2)21-14-11(16)6-10(7-12(14)17)8-18-19-15(20)13-4-3-5-22-13/h3-9H,1-2H3,(H,19,20)/b18-8-. The van der Waals surface area contributed by atoms with Crippen molar-refractivity contribution in [2.75, 3.05) is 0 Å². The van der Waals surface area contributed by atoms with E-state index in [2.05, 4.69) is 55.7 Å². The number of halogens is 2. The molecule has 1 heterocycles. The third kappa shape index (κ3) is 4.92. The summed E-state index contributed by atoms with van der Waals surface area (Å²) in [6.07, 6.45) is 1.77. The first kappa shape index (κ1) is 17.7. The van der Waals surface area contributed by atoms with Crippen molar-refractivity contribution in [3.63, 3.8) is 0 Å². The topological polar surface area (TPSA) is 50.7 Å². The summed E-state index contributed by atoms with van der Waals surface area (Å²) >= 11 is 5.87. The Balaban J connectivity index is 2.07. The van der Waals surface area contributed by atoms with Crippen molar-refractivity contribution in [2.24, 2.45) is 5.10 Å². The second kappa shape index (κ2) is 8.25. The quantitative estimate of drug-likeness (QED) is 0.345. The Labute approximate surface area is 160 Å². The fraction of sp³-hybridized carbons (Fsp3) is 0.200. The molecule has 0 atom stereocenters. The molecule has 2 rings (SSSR count). The molecule has 7 heteroatoms. The molecule has 22 heavy (non-hydrogen) atoms. The maximum Gasteiger partial charge on any atom is 0.281 e. The SMILES string of the molecule is CC(C)Oc1c(I)cc(/C=N\NC(=O)c2cccs2)cc1I. The first-order valence-electron chi connectivity index (χ1n) is 6.50. The van der Waals surface area contributed by atoms with Gasteiger partial charge in [0.05, 0.1) is 24.3 Å². The summed E-state index contributed by atoms with van der Waals surface area (Å²) in [4.78, 5) is 12.4. The number of carbonyl (C=O) groups is 1. The molecule has 4 nitrogen and oxygen atoms in total. The van der Waals surface area contributed by atoms with Crippen molar-refractivity contribution in [2.45, 2.75) is 20.0 Å². The summed E-state index contributed by atoms with van der Waals surface area (Å²) in [6.45, 7) is 4.00. The van der Waals surface area contributed by atoms with Crippen LogP contribution in [-0.4, -0.2) is 18.2 Å². The monoisotopic (exact) mass is 540 g/mol. The van der Waals surface area contributed by atoms with E-state index in [0.29, 0.717) is 4.88 Å². The van der Waals surface area contributed by atoms with Crippen LogP contribution in [0, 0.1) is 7.14 Å². The minimum atomic E-state index is -0.199. The molecule has 0 fully saturated rings. The number of benzene rings is 1. The normalized spacial score (nSPS) is 11.1. The maximum absolute atomic E-state index is 11.8. The van der Waals surface area contributed by atoms with Gasteiger partial charge in [0.25, 0.3) is 5.91 Å². The Morgan fingerprint density at radius 3 is 2.59 bits per heavy atom. The van der Waals surface area contributed by atoms with Crippen LogP contribution in [0.1, 0.15) is 29.1 Å². The molecule has 0 radical (unpaired) electrons. The van der Waals surface area contributed by atoms with Crippen molar-refractivity contribution >= 4 is 68.6 Å². The fourth-order valence-electron chi connectivity index (χ4n) is 1.63. The van der Waals surface area contributed by atoms with Crippen LogP contribution >= 0.6 is 56.5 Å². The van der Waals surface area contributed by atoms with E-state index in [9.17, 15) is 4.79 Å². The molecule has 0 saturated heterocycles. The van der Waals surface area contributed by atoms with Gasteiger partial charge in [-0.3, -0.25) is 4.79 Å². The van der Waals surface area contributed by atoms with Crippen LogP contribution in [0.15, 0.2) is 34.7 Å². The lowest BCUT2D eigenvalue weighted by Crippen LogP contribution is -2.16. The lowest BCUT2D eigenvalue weighted by Gasteiger charge is -2.14. The van der Waals surface area contributed by atoms with Gasteiger partial charge in [0.15, 0.2) is 0 Å². The van der Waals surface area contributed by atoms with Crippen molar-refractivity contribution in [3.8, 4) is 5.75 Å². The molecule has 1 N–H and O–H groups in total. The number of thiophene rings is 1. The Morgan fingerprint density at radius 2 is 2.05 bits per heavy atom. The number of nitrogens with one attached hydrogen (secondary N) is 1. The zero-order valence-corrected chi connectivity index (χ0v) is 17.1. The Kier molecular flexibility index (Phi) is 6.63. The largest absolute Gasteiger partial charge is 0.489 e. The van der Waals surface area contributed by atoms with E-state index in [1.807, 2.05) is 37.4 Å². The number of nitrogens with zero attached hydrogens (tertiary/aromatic N) is 1. The molecule has 0 bridgehead atoms. The summed E-state index contributed by atoms with van der Waals surface area (Å²) in [5.74, 6) is 0.686. The number of hydrazone groups is 1. The second-order valence-electron chi connectivity index (χ2n) is 4.66. The molecular weight excluding hydrogens is 526 g/mol. The average molecular weight is 540 g/mol. The summed E-state index contributed by atoms with van der Waals surface area (Å²) in [6, 6.07) is 7.55. The van der Waals surface area contributed by atoms with Gasteiger partial charge in [0.1, 0.15) is 5.75 Å². The van der Waals surface area contributed by atoms with Crippen molar-refractivity contribution < 1.29 is 9.53 Å². The summed E-state index contributed by atoms with van der Waals surface area (Å²) in [7, 11) is 0. The van der Waals surface area contributed by atoms with E-state index in [1.54, 1.807) is 12.3 Å². The van der Waals surface area contributed by atoms with Gasteiger partial charge in [0, 0.05) is 0 Å². The van der Waals surface area contributed by atoms with Crippen LogP contribution in [0.2, 0.25) is 0 Å². The number of amides is 1. The number of hydrogen-bond donors (Lipinski definition) is 1.